The molecule has 0 spiro atoms. The number of carbonyl (C=O) groups is 1. The van der Waals surface area contributed by atoms with Gasteiger partial charge < -0.3 is 9.64 Å². The van der Waals surface area contributed by atoms with Crippen LogP contribution in [0.3, 0.4) is 0 Å². The fraction of sp³-hybridized carbons (Fsp3) is 0.316. The summed E-state index contributed by atoms with van der Waals surface area (Å²) in [5.74, 6) is -0.0360. The number of nitrogens with one attached hydrogen (secondary N) is 1. The van der Waals surface area contributed by atoms with E-state index < -0.39 is 0 Å². The van der Waals surface area contributed by atoms with Crippen molar-refractivity contribution in [3.8, 4) is 11.1 Å². The molecule has 0 aliphatic carbocycles. The lowest BCUT2D eigenvalue weighted by molar-refractivity contribution is -0.128. The summed E-state index contributed by atoms with van der Waals surface area (Å²) in [7, 11) is 1.61. The summed E-state index contributed by atoms with van der Waals surface area (Å²) in [4.78, 5) is 31.2. The van der Waals surface area contributed by atoms with Gasteiger partial charge in [-0.15, -0.1) is 0 Å². The number of ether oxygens (including phenoxy) is 1. The third-order valence-electron chi connectivity index (χ3n) is 4.87. The van der Waals surface area contributed by atoms with Crippen LogP contribution in [-0.4, -0.2) is 52.2 Å². The minimum absolute atomic E-state index is 0.0612. The van der Waals surface area contributed by atoms with Crippen molar-refractivity contribution >= 4 is 23.2 Å². The molecule has 1 aliphatic rings. The number of aromatic amines is 1. The number of hydrogen-bond donors (Lipinski definition) is 1. The molecule has 3 heterocycles. The Labute approximate surface area is 160 Å². The van der Waals surface area contributed by atoms with E-state index in [1.54, 1.807) is 30.3 Å². The Morgan fingerprint density at radius 3 is 2.81 bits per heavy atom. The Bertz CT molecular complexity index is 1040. The molecule has 4 rings (SSSR count). The molecule has 0 saturated carbocycles. The zero-order valence-electron chi connectivity index (χ0n) is 14.8. The first-order chi connectivity index (χ1) is 13.1. The van der Waals surface area contributed by atoms with E-state index in [-0.39, 0.29) is 17.4 Å². The van der Waals surface area contributed by atoms with Crippen molar-refractivity contribution < 1.29 is 9.53 Å². The van der Waals surface area contributed by atoms with Crippen LogP contribution in [-0.2, 0) is 9.53 Å². The molecule has 2 aromatic heterocycles. The fourth-order valence-electron chi connectivity index (χ4n) is 3.44. The Morgan fingerprint density at radius 1 is 1.30 bits per heavy atom. The normalized spacial score (nSPS) is 17.2. The predicted octanol–water partition coefficient (Wildman–Crippen LogP) is 2.31. The number of nitrogens with zero attached hydrogens (tertiary/aromatic N) is 3. The molecule has 1 N–H and O–H groups in total. The van der Waals surface area contributed by atoms with Crippen LogP contribution in [0.2, 0.25) is 5.02 Å². The highest BCUT2D eigenvalue weighted by Gasteiger charge is 2.32. The van der Waals surface area contributed by atoms with Crippen LogP contribution in [0.4, 0.5) is 0 Å². The first-order valence-corrected chi connectivity index (χ1v) is 9.08. The Balaban J connectivity index is 1.71. The van der Waals surface area contributed by atoms with Crippen LogP contribution in [0.25, 0.3) is 16.8 Å². The molecule has 1 fully saturated rings. The van der Waals surface area contributed by atoms with Crippen LogP contribution in [0.5, 0.6) is 0 Å². The summed E-state index contributed by atoms with van der Waals surface area (Å²) in [5, 5.41) is 3.59. The average molecular weight is 387 g/mol. The molecule has 1 atom stereocenters. The summed E-state index contributed by atoms with van der Waals surface area (Å²) < 4.78 is 6.47. The van der Waals surface area contributed by atoms with E-state index in [2.05, 4.69) is 5.10 Å². The van der Waals surface area contributed by atoms with Gasteiger partial charge in [0.1, 0.15) is 0 Å². The highest BCUT2D eigenvalue weighted by Crippen LogP contribution is 2.29. The quantitative estimate of drug-likeness (QED) is 0.729. The van der Waals surface area contributed by atoms with E-state index in [1.807, 2.05) is 12.1 Å². The monoisotopic (exact) mass is 386 g/mol. The van der Waals surface area contributed by atoms with Gasteiger partial charge >= 0.3 is 0 Å². The smallest absolute Gasteiger partial charge is 0.272 e. The van der Waals surface area contributed by atoms with Crippen molar-refractivity contribution in [1.82, 2.24) is 19.5 Å². The van der Waals surface area contributed by atoms with Gasteiger partial charge in [-0.25, -0.2) is 9.50 Å². The first kappa shape index (κ1) is 17.8. The second-order valence-electron chi connectivity index (χ2n) is 6.61. The maximum absolute atomic E-state index is 12.5. The lowest BCUT2D eigenvalue weighted by Crippen LogP contribution is -2.28. The lowest BCUT2D eigenvalue weighted by atomic mass is 10.0. The summed E-state index contributed by atoms with van der Waals surface area (Å²) in [6.45, 7) is 1.59. The molecular formula is C19H19ClN4O3. The summed E-state index contributed by atoms with van der Waals surface area (Å²) in [6.07, 6.45) is 2.11. The van der Waals surface area contributed by atoms with E-state index >= 15 is 0 Å². The SMILES string of the molecule is COCCN1C[C@@H](c2cc(=O)n3[nH]cc(-c4ccc(Cl)cc4)c3n2)CC1=O. The van der Waals surface area contributed by atoms with Crippen LogP contribution in [0.1, 0.15) is 18.0 Å². The summed E-state index contributed by atoms with van der Waals surface area (Å²) in [5.41, 5.74) is 2.71. The van der Waals surface area contributed by atoms with Gasteiger partial charge in [0, 0.05) is 55.4 Å². The molecule has 7 nitrogen and oxygen atoms in total. The highest BCUT2D eigenvalue weighted by atomic mass is 35.5. The molecule has 1 saturated heterocycles. The molecule has 27 heavy (non-hydrogen) atoms. The maximum atomic E-state index is 12.5. The second-order valence-corrected chi connectivity index (χ2v) is 7.04. The average Bonchev–Trinajstić information content (AvgIpc) is 3.25. The third-order valence-corrected chi connectivity index (χ3v) is 5.12. The van der Waals surface area contributed by atoms with Crippen LogP contribution in [0.15, 0.2) is 41.3 Å². The van der Waals surface area contributed by atoms with Gasteiger partial charge in [0.2, 0.25) is 5.91 Å². The maximum Gasteiger partial charge on any atom is 0.272 e. The number of fused-ring (bicyclic) bond motifs is 1. The number of aromatic nitrogens is 3. The van der Waals surface area contributed by atoms with E-state index in [0.717, 1.165) is 11.1 Å². The topological polar surface area (TPSA) is 79.7 Å². The predicted molar refractivity (Wildman–Crippen MR) is 102 cm³/mol. The number of H-pyrrole nitrogens is 1. The van der Waals surface area contributed by atoms with Crippen LogP contribution in [0, 0.1) is 0 Å². The van der Waals surface area contributed by atoms with Gasteiger partial charge in [-0.2, -0.15) is 0 Å². The van der Waals surface area contributed by atoms with Gasteiger partial charge in [-0.05, 0) is 17.7 Å². The molecule has 3 aromatic rings. The molecule has 1 aromatic carbocycles. The number of amides is 1. The van der Waals surface area contributed by atoms with Crippen molar-refractivity contribution in [3.05, 3.63) is 57.6 Å². The number of carbonyl (C=O) groups excluding carboxylic acids is 1. The van der Waals surface area contributed by atoms with Gasteiger partial charge in [-0.1, -0.05) is 23.7 Å². The summed E-state index contributed by atoms with van der Waals surface area (Å²) >= 11 is 5.97. The highest BCUT2D eigenvalue weighted by molar-refractivity contribution is 6.30. The largest absolute Gasteiger partial charge is 0.383 e. The molecule has 0 radical (unpaired) electrons. The van der Waals surface area contributed by atoms with Gasteiger partial charge in [0.05, 0.1) is 12.3 Å². The number of likely N-dealkylation sites (tertiary alicyclic amines) is 1. The number of halogens is 1. The van der Waals surface area contributed by atoms with E-state index in [9.17, 15) is 9.59 Å². The number of rotatable bonds is 5. The van der Waals surface area contributed by atoms with Crippen molar-refractivity contribution in [1.29, 1.82) is 0 Å². The molecule has 0 unspecified atom stereocenters. The van der Waals surface area contributed by atoms with Crippen molar-refractivity contribution in [2.45, 2.75) is 12.3 Å². The van der Waals surface area contributed by atoms with Gasteiger partial charge in [-0.3, -0.25) is 14.7 Å². The number of hydrogen-bond acceptors (Lipinski definition) is 4. The lowest BCUT2D eigenvalue weighted by Gasteiger charge is -2.15. The van der Waals surface area contributed by atoms with Gasteiger partial charge in [0.25, 0.3) is 5.56 Å². The third kappa shape index (κ3) is 3.36. The van der Waals surface area contributed by atoms with E-state index in [4.69, 9.17) is 21.3 Å². The van der Waals surface area contributed by atoms with Gasteiger partial charge in [0.15, 0.2) is 5.65 Å². The molecular weight excluding hydrogens is 368 g/mol. The molecule has 0 bridgehead atoms. The Morgan fingerprint density at radius 2 is 2.07 bits per heavy atom. The van der Waals surface area contributed by atoms with E-state index in [1.165, 1.54) is 10.6 Å². The molecule has 140 valence electrons. The van der Waals surface area contributed by atoms with Crippen molar-refractivity contribution in [3.63, 3.8) is 0 Å². The number of methoxy groups -OCH3 is 1. The minimum Gasteiger partial charge on any atom is -0.383 e. The minimum atomic E-state index is -0.196. The molecule has 1 amide bonds. The zero-order chi connectivity index (χ0) is 19.0. The standard InChI is InChI=1S/C19H19ClN4O3/c1-27-7-6-23-11-13(8-17(23)25)16-9-18(26)24-19(22-16)15(10-21-24)12-2-4-14(20)5-3-12/h2-5,9-10,13,21H,6-8,11H2,1H3/t13-/m0/s1. The molecule has 1 aliphatic heterocycles. The fourth-order valence-corrected chi connectivity index (χ4v) is 3.56. The van der Waals surface area contributed by atoms with Crippen molar-refractivity contribution in [2.24, 2.45) is 0 Å². The van der Waals surface area contributed by atoms with Crippen LogP contribution >= 0.6 is 11.6 Å². The Kier molecular flexibility index (Phi) is 4.72. The van der Waals surface area contributed by atoms with E-state index in [0.29, 0.717) is 42.5 Å². The van der Waals surface area contributed by atoms with Crippen LogP contribution < -0.4 is 5.56 Å². The summed E-state index contributed by atoms with van der Waals surface area (Å²) in [6, 6.07) is 8.87. The molecule has 8 heteroatoms. The first-order valence-electron chi connectivity index (χ1n) is 8.70. The Hall–Kier alpha value is -2.64. The number of benzene rings is 1. The zero-order valence-corrected chi connectivity index (χ0v) is 15.6. The second kappa shape index (κ2) is 7.17. The van der Waals surface area contributed by atoms with Crippen molar-refractivity contribution in [2.75, 3.05) is 26.8 Å².